The summed E-state index contributed by atoms with van der Waals surface area (Å²) < 4.78 is 0. The van der Waals surface area contributed by atoms with E-state index in [-0.39, 0.29) is 10.8 Å². The molecule has 0 aliphatic rings. The average Bonchev–Trinajstić information content (AvgIpc) is 3.44. The van der Waals surface area contributed by atoms with Gasteiger partial charge in [-0.15, -0.1) is 8.93 Å². The van der Waals surface area contributed by atoms with E-state index in [2.05, 4.69) is 227 Å². The van der Waals surface area contributed by atoms with Gasteiger partial charge >= 0.3 is 0 Å². The van der Waals surface area contributed by atoms with Gasteiger partial charge in [-0.3, -0.25) is 0 Å². The number of benzene rings is 9. The van der Waals surface area contributed by atoms with E-state index >= 15 is 0 Å². The molecule has 0 radical (unpaired) electrons. The van der Waals surface area contributed by atoms with Gasteiger partial charge in [0.25, 0.3) is 0 Å². The van der Waals surface area contributed by atoms with E-state index in [1.54, 1.807) is 0 Å². The summed E-state index contributed by atoms with van der Waals surface area (Å²) in [4.78, 5) is 0. The van der Waals surface area contributed by atoms with Crippen molar-refractivity contribution in [1.82, 2.24) is 0 Å². The Hall–Kier alpha value is -6.13. The Labute approximate surface area is 451 Å². The summed E-state index contributed by atoms with van der Waals surface area (Å²) in [5.41, 5.74) is 12.4. The molecule has 382 valence electrons. The molecule has 5 heteroatoms. The molecule has 0 aliphatic carbocycles. The molecule has 0 aliphatic heterocycles. The summed E-state index contributed by atoms with van der Waals surface area (Å²) >= 11 is 0. The van der Waals surface area contributed by atoms with Crippen LogP contribution in [0.15, 0.2) is 243 Å². The third-order valence-corrected chi connectivity index (χ3v) is 15.3. The van der Waals surface area contributed by atoms with E-state index in [4.69, 9.17) is 0 Å². The second-order valence-corrected chi connectivity index (χ2v) is 23.5. The van der Waals surface area contributed by atoms with Crippen molar-refractivity contribution in [3.8, 4) is 22.6 Å². The summed E-state index contributed by atoms with van der Waals surface area (Å²) in [6.45, 7) is 19.6. The minimum absolute atomic E-state index is 0.00941. The normalized spacial score (nSPS) is 11.3. The second kappa shape index (κ2) is 29.7. The second-order valence-electron chi connectivity index (χ2n) is 20.2. The Morgan fingerprint density at radius 1 is 0.378 bits per heavy atom. The molecule has 0 saturated carbocycles. The number of hydrogen-bond donors (Lipinski definition) is 2. The lowest BCUT2D eigenvalue weighted by atomic mass is 9.69. The largest absolute Gasteiger partial charge is 0.507 e. The van der Waals surface area contributed by atoms with Gasteiger partial charge in [0.05, 0.1) is 0 Å². The molecule has 9 rings (SSSR count). The zero-order valence-electron chi connectivity index (χ0n) is 45.2. The molecule has 2 nitrogen and oxygen atoms in total. The first-order valence-electron chi connectivity index (χ1n) is 25.9. The Bertz CT molecular complexity index is 2850. The zero-order valence-corrected chi connectivity index (χ0v) is 48.3. The first-order chi connectivity index (χ1) is 35.7. The fourth-order valence-corrected chi connectivity index (χ4v) is 10.7. The first kappa shape index (κ1) is 58.8. The Morgan fingerprint density at radius 2 is 0.716 bits per heavy atom. The van der Waals surface area contributed by atoms with Gasteiger partial charge in [0.15, 0.2) is 0 Å². The number of phenolic OH excluding ortho intramolecular Hbond substituents is 2. The standard InChI is InChI=1S/C25H30OP2.C24H27OP.C12H10.C6H6.C2H6/c1-24(2,3)21-15-18(17-28-27)23(26)22(16-21)25(4,19-11-7-5-8-12-19)20-13-9-6-10-14-20;1-24(2,3)21-15-19(14-18-10-6-4-7-11-18)23(25)20(16-21)17-26-22-12-8-5-9-13-22;1-3-7-11(8-4-1)12-9-5-2-6-10-12;1-2-4-6-5-3-1;1-2/h5-16,26,28H,17,27H2,1-4H3;4-13,15-16,25-26H,14,17H2,1-3H3;1-10H;1-6H;1-2H3. The highest BCUT2D eigenvalue weighted by Crippen LogP contribution is 2.47. The van der Waals surface area contributed by atoms with Crippen LogP contribution in [-0.2, 0) is 35.0 Å². The van der Waals surface area contributed by atoms with Crippen molar-refractivity contribution in [2.45, 2.75) is 97.3 Å². The lowest BCUT2D eigenvalue weighted by molar-refractivity contribution is 0.450. The molecular formula is C69H79O2P3. The van der Waals surface area contributed by atoms with Crippen molar-refractivity contribution in [2.75, 3.05) is 0 Å². The van der Waals surface area contributed by atoms with Crippen LogP contribution in [0.4, 0.5) is 0 Å². The Kier molecular flexibility index (Phi) is 23.6. The van der Waals surface area contributed by atoms with Crippen molar-refractivity contribution in [2.24, 2.45) is 0 Å². The summed E-state index contributed by atoms with van der Waals surface area (Å²) in [5, 5.41) is 23.6. The molecule has 0 fully saturated rings. The maximum atomic E-state index is 11.4. The molecule has 0 heterocycles. The van der Waals surface area contributed by atoms with Gasteiger partial charge < -0.3 is 10.2 Å². The molecule has 9 aromatic carbocycles. The van der Waals surface area contributed by atoms with Crippen molar-refractivity contribution < 1.29 is 10.2 Å². The smallest absolute Gasteiger partial charge is 0.123 e. The van der Waals surface area contributed by atoms with Crippen LogP contribution < -0.4 is 5.30 Å². The van der Waals surface area contributed by atoms with Gasteiger partial charge in [0.1, 0.15) is 11.5 Å². The van der Waals surface area contributed by atoms with Crippen LogP contribution >= 0.6 is 25.8 Å². The molecule has 0 bridgehead atoms. The zero-order chi connectivity index (χ0) is 53.4. The maximum absolute atomic E-state index is 11.4. The van der Waals surface area contributed by atoms with Gasteiger partial charge in [-0.2, -0.15) is 0 Å². The van der Waals surface area contributed by atoms with Crippen molar-refractivity contribution in [3.05, 3.63) is 293 Å². The summed E-state index contributed by atoms with van der Waals surface area (Å²) in [6.07, 6.45) is 2.51. The highest BCUT2D eigenvalue weighted by Gasteiger charge is 2.35. The first-order valence-corrected chi connectivity index (χ1v) is 30.1. The van der Waals surface area contributed by atoms with Crippen LogP contribution in [0.3, 0.4) is 0 Å². The van der Waals surface area contributed by atoms with Gasteiger partial charge in [-0.25, -0.2) is 0 Å². The molecule has 0 aromatic heterocycles. The maximum Gasteiger partial charge on any atom is 0.123 e. The number of aromatic hydroxyl groups is 2. The minimum atomic E-state index is -0.438. The molecule has 74 heavy (non-hydrogen) atoms. The summed E-state index contributed by atoms with van der Waals surface area (Å²) in [5.74, 6) is 0.892. The molecule has 0 amide bonds. The molecule has 0 spiro atoms. The molecule has 3 unspecified atom stereocenters. The van der Waals surface area contributed by atoms with Crippen LogP contribution in [0.25, 0.3) is 11.1 Å². The molecule has 3 atom stereocenters. The molecular weight excluding hydrogens is 954 g/mol. The van der Waals surface area contributed by atoms with Crippen molar-refractivity contribution >= 4 is 31.1 Å². The van der Waals surface area contributed by atoms with Crippen LogP contribution in [0, 0.1) is 0 Å². The van der Waals surface area contributed by atoms with Crippen molar-refractivity contribution in [3.63, 3.8) is 0 Å². The molecule has 2 N–H and O–H groups in total. The third-order valence-electron chi connectivity index (χ3n) is 12.8. The predicted molar refractivity (Wildman–Crippen MR) is 331 cm³/mol. The fourth-order valence-electron chi connectivity index (χ4n) is 8.45. The average molecular weight is 1030 g/mol. The highest BCUT2D eigenvalue weighted by molar-refractivity contribution is 8.02. The van der Waals surface area contributed by atoms with E-state index in [0.29, 0.717) is 28.3 Å². The quantitative estimate of drug-likeness (QED) is 0.100. The van der Waals surface area contributed by atoms with E-state index in [1.807, 2.05) is 86.6 Å². The SMILES string of the molecule is CC.CC(C)(C)c1cc(CPP)c(O)c(C(C)(c2ccccc2)c2ccccc2)c1.CC(C)(C)c1cc(CPc2ccccc2)c(O)c(Cc2ccccc2)c1.c1ccc(-c2ccccc2)cc1.c1ccccc1. The fraction of sp³-hybridized carbons (Fsp3) is 0.217. The number of hydrogen-bond acceptors (Lipinski definition) is 2. The number of phenols is 2. The molecule has 9 aromatic rings. The molecule has 0 saturated heterocycles. The topological polar surface area (TPSA) is 40.5 Å². The van der Waals surface area contributed by atoms with Crippen LogP contribution in [-0.4, -0.2) is 10.2 Å². The minimum Gasteiger partial charge on any atom is -0.507 e. The number of rotatable bonds is 11. The van der Waals surface area contributed by atoms with E-state index < -0.39 is 5.41 Å². The Balaban J connectivity index is 0.000000201. The van der Waals surface area contributed by atoms with E-state index in [0.717, 1.165) is 41.0 Å². The Morgan fingerprint density at radius 3 is 1.12 bits per heavy atom. The van der Waals surface area contributed by atoms with Crippen LogP contribution in [0.1, 0.15) is 112 Å². The highest BCUT2D eigenvalue weighted by atomic mass is 32.0. The summed E-state index contributed by atoms with van der Waals surface area (Å²) in [7, 11) is 4.15. The van der Waals surface area contributed by atoms with Gasteiger partial charge in [0.2, 0.25) is 0 Å². The lowest BCUT2D eigenvalue weighted by Crippen LogP contribution is -2.27. The van der Waals surface area contributed by atoms with E-state index in [1.165, 1.54) is 44.2 Å². The van der Waals surface area contributed by atoms with Crippen LogP contribution in [0.5, 0.6) is 11.5 Å². The van der Waals surface area contributed by atoms with Gasteiger partial charge in [0, 0.05) is 17.4 Å². The predicted octanol–water partition coefficient (Wildman–Crippen LogP) is 18.9. The van der Waals surface area contributed by atoms with Crippen LogP contribution in [0.2, 0.25) is 0 Å². The summed E-state index contributed by atoms with van der Waals surface area (Å²) in [6, 6.07) is 83.5. The van der Waals surface area contributed by atoms with Gasteiger partial charge in [-0.1, -0.05) is 315 Å². The van der Waals surface area contributed by atoms with E-state index in [9.17, 15) is 10.2 Å². The van der Waals surface area contributed by atoms with Gasteiger partial charge in [-0.05, 0) is 91.0 Å². The van der Waals surface area contributed by atoms with Crippen molar-refractivity contribution in [1.29, 1.82) is 0 Å². The monoisotopic (exact) mass is 1030 g/mol. The lowest BCUT2D eigenvalue weighted by Gasteiger charge is -2.34. The third kappa shape index (κ3) is 17.5.